The van der Waals surface area contributed by atoms with E-state index >= 15 is 0 Å². The Hall–Kier alpha value is -2.20. The molecule has 2 aliphatic heterocycles. The molecule has 0 spiro atoms. The number of hydrogen-bond donors (Lipinski definition) is 10. The van der Waals surface area contributed by atoms with Gasteiger partial charge in [0.2, 0.25) is 0 Å². The van der Waals surface area contributed by atoms with Crippen molar-refractivity contribution >= 4 is 12.3 Å². The summed E-state index contributed by atoms with van der Waals surface area (Å²) in [6.45, 7) is 3.44. The Labute approximate surface area is 276 Å². The summed E-state index contributed by atoms with van der Waals surface area (Å²) in [4.78, 5) is 24.0. The second kappa shape index (κ2) is 18.2. The predicted molar refractivity (Wildman–Crippen MR) is 160 cm³/mol. The van der Waals surface area contributed by atoms with E-state index in [1.807, 2.05) is 12.1 Å². The van der Waals surface area contributed by atoms with Gasteiger partial charge in [0.25, 0.3) is 0 Å². The number of aldehydes is 1. The van der Waals surface area contributed by atoms with Gasteiger partial charge >= 0.3 is 5.97 Å². The molecule has 274 valence electrons. The first-order chi connectivity index (χ1) is 22.6. The average Bonchev–Trinajstić information content (AvgIpc) is 3.07. The molecule has 0 aromatic heterocycles. The molecule has 1 unspecified atom stereocenters. The van der Waals surface area contributed by atoms with Gasteiger partial charge in [-0.25, -0.2) is 0 Å². The molecule has 0 aliphatic carbocycles. The Bertz CT molecular complexity index is 1130. The maximum absolute atomic E-state index is 13.2. The molecule has 2 fully saturated rings. The Morgan fingerprint density at radius 2 is 1.42 bits per heavy atom. The Morgan fingerprint density at radius 3 is 2.00 bits per heavy atom. The average molecular weight is 693 g/mol. The monoisotopic (exact) mass is 692 g/mol. The standard InChI is InChI=1S/C31H48O17/c1-13(2)8-15-4-6-16(7-5-15)14(3)29(43)48-28-26(41)24(39)20(12-45-30-27(42)25(40)23(38)19(10-33)46-30)47-31(28)44-11-18(35)22(37)21(36)17(34)9-32/h4-7,9,13-14,17-28,30-31,33-42H,8,10-12H2,1-3H3/t14?,17-,18+,19+,20+,21+,22+,23+,24+,25-,26-,27+,28+,30-,31-/m0/s1. The summed E-state index contributed by atoms with van der Waals surface area (Å²) in [6, 6.07) is 7.25. The lowest BCUT2D eigenvalue weighted by molar-refractivity contribution is -0.334. The molecule has 0 radical (unpaired) electrons. The van der Waals surface area contributed by atoms with Gasteiger partial charge in [0.1, 0.15) is 67.1 Å². The van der Waals surface area contributed by atoms with Crippen molar-refractivity contribution < 1.29 is 84.3 Å². The summed E-state index contributed by atoms with van der Waals surface area (Å²) < 4.78 is 27.5. The van der Waals surface area contributed by atoms with Crippen LogP contribution in [0.4, 0.5) is 0 Å². The number of ether oxygens (including phenoxy) is 5. The minimum atomic E-state index is -2.10. The molecule has 2 saturated heterocycles. The first-order valence-electron chi connectivity index (χ1n) is 15.6. The van der Waals surface area contributed by atoms with Gasteiger partial charge in [-0.15, -0.1) is 0 Å². The molecule has 0 amide bonds. The first kappa shape index (κ1) is 40.2. The topological polar surface area (TPSA) is 283 Å². The zero-order valence-corrected chi connectivity index (χ0v) is 26.8. The van der Waals surface area contributed by atoms with E-state index in [0.717, 1.165) is 12.0 Å². The van der Waals surface area contributed by atoms with Crippen LogP contribution >= 0.6 is 0 Å². The summed E-state index contributed by atoms with van der Waals surface area (Å²) in [6.07, 6.45) is -24.2. The van der Waals surface area contributed by atoms with Gasteiger partial charge in [0.05, 0.1) is 25.7 Å². The Morgan fingerprint density at radius 1 is 0.812 bits per heavy atom. The van der Waals surface area contributed by atoms with Gasteiger partial charge in [-0.2, -0.15) is 0 Å². The predicted octanol–water partition coefficient (Wildman–Crippen LogP) is -4.18. The molecule has 15 atom stereocenters. The van der Waals surface area contributed by atoms with Gasteiger partial charge in [-0.05, 0) is 30.4 Å². The normalized spacial score (nSPS) is 34.2. The largest absolute Gasteiger partial charge is 0.454 e. The quantitative estimate of drug-likeness (QED) is 0.0581. The third kappa shape index (κ3) is 9.95. The van der Waals surface area contributed by atoms with Gasteiger partial charge in [0, 0.05) is 0 Å². The fourth-order valence-corrected chi connectivity index (χ4v) is 5.29. The summed E-state index contributed by atoms with van der Waals surface area (Å²) in [5, 5.41) is 102. The number of rotatable bonds is 16. The molecular formula is C31H48O17. The molecule has 17 nitrogen and oxygen atoms in total. The van der Waals surface area contributed by atoms with E-state index in [4.69, 9.17) is 23.7 Å². The van der Waals surface area contributed by atoms with E-state index in [2.05, 4.69) is 13.8 Å². The molecule has 10 N–H and O–H groups in total. The SMILES string of the molecule is CC(C)Cc1ccc(C(C)C(=O)O[C@H]2[C@@H](OC[C@@H](O)[C@@H](O)[C@H](O)[C@@H](O)C=O)O[C@H](CO[C@H]3O[C@H](CO)[C@@H](O)[C@H](O)[C@H]3O)[C@@H](O)[C@@H]2O)cc1. The molecule has 48 heavy (non-hydrogen) atoms. The van der Waals surface area contributed by atoms with Crippen LogP contribution in [0.2, 0.25) is 0 Å². The van der Waals surface area contributed by atoms with Gasteiger partial charge < -0.3 is 79.5 Å². The molecule has 2 heterocycles. The summed E-state index contributed by atoms with van der Waals surface area (Å²) in [5.74, 6) is -1.29. The van der Waals surface area contributed by atoms with Crippen LogP contribution in [0, 0.1) is 5.92 Å². The van der Waals surface area contributed by atoms with Gasteiger partial charge in [0.15, 0.2) is 25.0 Å². The maximum Gasteiger partial charge on any atom is 0.313 e. The summed E-state index contributed by atoms with van der Waals surface area (Å²) in [5.41, 5.74) is 1.65. The molecule has 17 heteroatoms. The maximum atomic E-state index is 13.2. The van der Waals surface area contributed by atoms with Crippen LogP contribution in [0.25, 0.3) is 0 Å². The number of carbonyl (C=O) groups is 2. The molecule has 0 bridgehead atoms. The van der Waals surface area contributed by atoms with Crippen LogP contribution in [0.3, 0.4) is 0 Å². The van der Waals surface area contributed by atoms with Crippen LogP contribution in [0.1, 0.15) is 37.8 Å². The molecule has 1 aromatic rings. The Kier molecular flexibility index (Phi) is 15.2. The highest BCUT2D eigenvalue weighted by Gasteiger charge is 2.50. The highest BCUT2D eigenvalue weighted by atomic mass is 16.7. The number of benzene rings is 1. The lowest BCUT2D eigenvalue weighted by Crippen LogP contribution is -2.62. The van der Waals surface area contributed by atoms with E-state index in [1.54, 1.807) is 19.1 Å². The van der Waals surface area contributed by atoms with E-state index in [9.17, 15) is 60.7 Å². The van der Waals surface area contributed by atoms with E-state index in [0.29, 0.717) is 11.5 Å². The second-order valence-electron chi connectivity index (χ2n) is 12.5. The van der Waals surface area contributed by atoms with Crippen LogP contribution in [0.15, 0.2) is 24.3 Å². The van der Waals surface area contributed by atoms with E-state index in [-0.39, 0.29) is 6.29 Å². The third-order valence-corrected chi connectivity index (χ3v) is 8.31. The number of hydrogen-bond acceptors (Lipinski definition) is 17. The minimum absolute atomic E-state index is 0.0575. The molecule has 2 aliphatic rings. The van der Waals surface area contributed by atoms with Crippen molar-refractivity contribution in [3.05, 3.63) is 35.4 Å². The zero-order valence-electron chi connectivity index (χ0n) is 26.8. The molecule has 3 rings (SSSR count). The lowest BCUT2D eigenvalue weighted by atomic mass is 9.96. The van der Waals surface area contributed by atoms with Crippen LogP contribution in [0.5, 0.6) is 0 Å². The van der Waals surface area contributed by atoms with Crippen molar-refractivity contribution in [3.8, 4) is 0 Å². The highest BCUT2D eigenvalue weighted by molar-refractivity contribution is 5.78. The van der Waals surface area contributed by atoms with E-state index in [1.165, 1.54) is 0 Å². The molecule has 1 aromatic carbocycles. The Balaban J connectivity index is 1.76. The van der Waals surface area contributed by atoms with Crippen molar-refractivity contribution in [2.75, 3.05) is 19.8 Å². The van der Waals surface area contributed by atoms with Crippen LogP contribution < -0.4 is 0 Å². The van der Waals surface area contributed by atoms with Gasteiger partial charge in [-0.3, -0.25) is 4.79 Å². The summed E-state index contributed by atoms with van der Waals surface area (Å²) in [7, 11) is 0. The number of aliphatic hydroxyl groups excluding tert-OH is 10. The summed E-state index contributed by atoms with van der Waals surface area (Å²) >= 11 is 0. The van der Waals surface area contributed by atoms with Crippen molar-refractivity contribution in [3.63, 3.8) is 0 Å². The molecule has 0 saturated carbocycles. The lowest BCUT2D eigenvalue weighted by Gasteiger charge is -2.43. The fourth-order valence-electron chi connectivity index (χ4n) is 5.29. The smallest absolute Gasteiger partial charge is 0.313 e. The van der Waals surface area contributed by atoms with Crippen molar-refractivity contribution in [2.24, 2.45) is 5.92 Å². The van der Waals surface area contributed by atoms with Crippen molar-refractivity contribution in [1.29, 1.82) is 0 Å². The fraction of sp³-hybridized carbons (Fsp3) is 0.742. The number of esters is 1. The van der Waals surface area contributed by atoms with Gasteiger partial charge in [-0.1, -0.05) is 38.1 Å². The number of carbonyl (C=O) groups excluding carboxylic acids is 2. The van der Waals surface area contributed by atoms with Crippen molar-refractivity contribution in [1.82, 2.24) is 0 Å². The van der Waals surface area contributed by atoms with Crippen LogP contribution in [-0.2, 0) is 39.7 Å². The highest BCUT2D eigenvalue weighted by Crippen LogP contribution is 2.29. The minimum Gasteiger partial charge on any atom is -0.454 e. The van der Waals surface area contributed by atoms with Crippen molar-refractivity contribution in [2.45, 2.75) is 119 Å². The third-order valence-electron chi connectivity index (χ3n) is 8.31. The van der Waals surface area contributed by atoms with Crippen LogP contribution in [-0.4, -0.2) is 169 Å². The number of aliphatic hydroxyl groups is 10. The van der Waals surface area contributed by atoms with E-state index < -0.39 is 118 Å². The first-order valence-corrected chi connectivity index (χ1v) is 15.6. The second-order valence-corrected chi connectivity index (χ2v) is 12.5. The zero-order chi connectivity index (χ0) is 35.9. The molecular weight excluding hydrogens is 644 g/mol.